The van der Waals surface area contributed by atoms with Crippen molar-refractivity contribution in [1.82, 2.24) is 14.8 Å². The Hall–Kier alpha value is -1.37. The van der Waals surface area contributed by atoms with Gasteiger partial charge in [-0.25, -0.2) is 4.98 Å². The Labute approximate surface area is 78.2 Å². The smallest absolute Gasteiger partial charge is 0.252 e. The maximum Gasteiger partial charge on any atom is 0.252 e. The van der Waals surface area contributed by atoms with Crippen LogP contribution in [0.2, 0.25) is 0 Å². The molecule has 0 amide bonds. The zero-order valence-corrected chi connectivity index (χ0v) is 7.90. The van der Waals surface area contributed by atoms with Crippen molar-refractivity contribution in [2.75, 3.05) is 0 Å². The first-order valence-electron chi connectivity index (χ1n) is 4.66. The fourth-order valence-corrected chi connectivity index (χ4v) is 1.15. The maximum atomic E-state index is 8.47. The predicted octanol–water partition coefficient (Wildman–Crippen LogP) is 1.73. The van der Waals surface area contributed by atoms with E-state index in [0.717, 1.165) is 13.0 Å². The first kappa shape index (κ1) is 9.72. The molecular weight excluding hydrogens is 164 g/mol. The molecule has 4 heteroatoms. The topological polar surface area (TPSA) is 54.5 Å². The Bertz CT molecular complexity index is 284. The molecule has 0 saturated carbocycles. The summed E-state index contributed by atoms with van der Waals surface area (Å²) in [4.78, 5) is 3.82. The predicted molar refractivity (Wildman–Crippen MR) is 48.9 cm³/mol. The molecule has 0 saturated heterocycles. The molecule has 1 aromatic rings. The van der Waals surface area contributed by atoms with Crippen LogP contribution < -0.4 is 0 Å². The van der Waals surface area contributed by atoms with E-state index in [-0.39, 0.29) is 5.82 Å². The fourth-order valence-electron chi connectivity index (χ4n) is 1.15. The van der Waals surface area contributed by atoms with Gasteiger partial charge in [-0.15, -0.1) is 5.10 Å². The van der Waals surface area contributed by atoms with Crippen molar-refractivity contribution >= 4 is 0 Å². The van der Waals surface area contributed by atoms with E-state index in [1.54, 1.807) is 11.0 Å². The van der Waals surface area contributed by atoms with E-state index >= 15 is 0 Å². The van der Waals surface area contributed by atoms with Gasteiger partial charge in [-0.2, -0.15) is 5.26 Å². The van der Waals surface area contributed by atoms with E-state index in [1.807, 2.05) is 6.07 Å². The lowest BCUT2D eigenvalue weighted by atomic mass is 10.2. The van der Waals surface area contributed by atoms with Gasteiger partial charge in [0, 0.05) is 6.54 Å². The van der Waals surface area contributed by atoms with E-state index in [1.165, 1.54) is 19.3 Å². The van der Waals surface area contributed by atoms with E-state index < -0.39 is 0 Å². The van der Waals surface area contributed by atoms with Crippen LogP contribution in [0, 0.1) is 11.3 Å². The average Bonchev–Trinajstić information content (AvgIpc) is 2.60. The van der Waals surface area contributed by atoms with Crippen LogP contribution in [0.25, 0.3) is 0 Å². The third-order valence-corrected chi connectivity index (χ3v) is 1.88. The molecule has 0 aliphatic heterocycles. The highest BCUT2D eigenvalue weighted by Crippen LogP contribution is 2.00. The summed E-state index contributed by atoms with van der Waals surface area (Å²) < 4.78 is 1.73. The van der Waals surface area contributed by atoms with Crippen molar-refractivity contribution in [2.24, 2.45) is 0 Å². The second-order valence-corrected chi connectivity index (χ2v) is 3.00. The van der Waals surface area contributed by atoms with Gasteiger partial charge >= 0.3 is 0 Å². The van der Waals surface area contributed by atoms with Gasteiger partial charge in [0.05, 0.1) is 0 Å². The summed E-state index contributed by atoms with van der Waals surface area (Å²) in [5, 5.41) is 12.4. The zero-order chi connectivity index (χ0) is 9.52. The van der Waals surface area contributed by atoms with Crippen molar-refractivity contribution in [2.45, 2.75) is 39.2 Å². The van der Waals surface area contributed by atoms with Gasteiger partial charge < -0.3 is 0 Å². The average molecular weight is 178 g/mol. The number of aromatic nitrogens is 3. The molecule has 0 spiro atoms. The SMILES string of the molecule is CCCCCCn1cnc(C#N)n1. The normalized spacial score (nSPS) is 9.85. The van der Waals surface area contributed by atoms with Crippen LogP contribution in [0.3, 0.4) is 0 Å². The molecule has 0 bridgehead atoms. The van der Waals surface area contributed by atoms with E-state index in [0.29, 0.717) is 0 Å². The summed E-state index contributed by atoms with van der Waals surface area (Å²) in [6.07, 6.45) is 6.45. The number of rotatable bonds is 5. The quantitative estimate of drug-likeness (QED) is 0.645. The van der Waals surface area contributed by atoms with Crippen molar-refractivity contribution in [3.63, 3.8) is 0 Å². The lowest BCUT2D eigenvalue weighted by Gasteiger charge is -1.98. The van der Waals surface area contributed by atoms with E-state index in [2.05, 4.69) is 17.0 Å². The van der Waals surface area contributed by atoms with Crippen LogP contribution in [-0.4, -0.2) is 14.8 Å². The number of aryl methyl sites for hydroxylation is 1. The molecule has 0 aromatic carbocycles. The molecule has 0 aliphatic rings. The summed E-state index contributed by atoms with van der Waals surface area (Å²) in [5.74, 6) is 0.260. The highest BCUT2D eigenvalue weighted by Gasteiger charge is 1.97. The lowest BCUT2D eigenvalue weighted by molar-refractivity contribution is 0.539. The molecule has 0 aliphatic carbocycles. The third kappa shape index (κ3) is 3.24. The molecule has 1 rings (SSSR count). The zero-order valence-electron chi connectivity index (χ0n) is 7.90. The Morgan fingerprint density at radius 1 is 1.46 bits per heavy atom. The lowest BCUT2D eigenvalue weighted by Crippen LogP contribution is -1.98. The molecule has 0 unspecified atom stereocenters. The third-order valence-electron chi connectivity index (χ3n) is 1.88. The summed E-state index contributed by atoms with van der Waals surface area (Å²) >= 11 is 0. The fraction of sp³-hybridized carbons (Fsp3) is 0.667. The monoisotopic (exact) mass is 178 g/mol. The number of nitrogens with zero attached hydrogens (tertiary/aromatic N) is 4. The van der Waals surface area contributed by atoms with E-state index in [4.69, 9.17) is 5.26 Å². The van der Waals surface area contributed by atoms with Crippen LogP contribution in [0.15, 0.2) is 6.33 Å². The van der Waals surface area contributed by atoms with Gasteiger partial charge in [-0.3, -0.25) is 4.68 Å². The highest BCUT2D eigenvalue weighted by molar-refractivity contribution is 5.05. The molecule has 1 aromatic heterocycles. The molecule has 0 fully saturated rings. The Balaban J connectivity index is 2.25. The van der Waals surface area contributed by atoms with Crippen LogP contribution in [0.5, 0.6) is 0 Å². The van der Waals surface area contributed by atoms with Gasteiger partial charge in [0.25, 0.3) is 5.82 Å². The van der Waals surface area contributed by atoms with Gasteiger partial charge in [0.2, 0.25) is 0 Å². The molecule has 0 atom stereocenters. The van der Waals surface area contributed by atoms with Crippen LogP contribution in [0.1, 0.15) is 38.4 Å². The second-order valence-electron chi connectivity index (χ2n) is 3.00. The molecule has 13 heavy (non-hydrogen) atoms. The van der Waals surface area contributed by atoms with Crippen molar-refractivity contribution < 1.29 is 0 Å². The summed E-state index contributed by atoms with van der Waals surface area (Å²) in [5.41, 5.74) is 0. The minimum Gasteiger partial charge on any atom is -0.252 e. The second kappa shape index (κ2) is 5.31. The number of hydrogen-bond acceptors (Lipinski definition) is 3. The Morgan fingerprint density at radius 2 is 2.31 bits per heavy atom. The Kier molecular flexibility index (Phi) is 3.97. The number of nitriles is 1. The maximum absolute atomic E-state index is 8.47. The van der Waals surface area contributed by atoms with Gasteiger partial charge in [0.15, 0.2) is 0 Å². The number of hydrogen-bond donors (Lipinski definition) is 0. The Morgan fingerprint density at radius 3 is 2.92 bits per heavy atom. The minimum absolute atomic E-state index is 0.260. The molecule has 0 radical (unpaired) electrons. The van der Waals surface area contributed by atoms with Gasteiger partial charge in [-0.1, -0.05) is 26.2 Å². The standard InChI is InChI=1S/C9H14N4/c1-2-3-4-5-6-13-8-11-9(7-10)12-13/h8H,2-6H2,1H3. The highest BCUT2D eigenvalue weighted by atomic mass is 15.3. The molecule has 0 N–H and O–H groups in total. The van der Waals surface area contributed by atoms with Gasteiger partial charge in [0.1, 0.15) is 12.4 Å². The van der Waals surface area contributed by atoms with Crippen LogP contribution in [0.4, 0.5) is 0 Å². The van der Waals surface area contributed by atoms with Crippen molar-refractivity contribution in [3.8, 4) is 6.07 Å². The van der Waals surface area contributed by atoms with Gasteiger partial charge in [-0.05, 0) is 6.42 Å². The molecule has 1 heterocycles. The molecular formula is C9H14N4. The van der Waals surface area contributed by atoms with Crippen LogP contribution in [-0.2, 0) is 6.54 Å². The largest absolute Gasteiger partial charge is 0.252 e. The molecule has 4 nitrogen and oxygen atoms in total. The van der Waals surface area contributed by atoms with Crippen molar-refractivity contribution in [3.05, 3.63) is 12.2 Å². The first-order valence-corrected chi connectivity index (χ1v) is 4.66. The summed E-state index contributed by atoms with van der Waals surface area (Å²) in [7, 11) is 0. The minimum atomic E-state index is 0.260. The summed E-state index contributed by atoms with van der Waals surface area (Å²) in [6.45, 7) is 3.05. The molecule has 70 valence electrons. The first-order chi connectivity index (χ1) is 6.36. The van der Waals surface area contributed by atoms with E-state index in [9.17, 15) is 0 Å². The van der Waals surface area contributed by atoms with Crippen LogP contribution >= 0.6 is 0 Å². The summed E-state index contributed by atoms with van der Waals surface area (Å²) in [6, 6.07) is 1.91. The number of unbranched alkanes of at least 4 members (excludes halogenated alkanes) is 3. The van der Waals surface area contributed by atoms with Crippen molar-refractivity contribution in [1.29, 1.82) is 5.26 Å².